The van der Waals surface area contributed by atoms with E-state index in [1.165, 1.54) is 5.56 Å². The molecule has 5 nitrogen and oxygen atoms in total. The zero-order chi connectivity index (χ0) is 16.9. The van der Waals surface area contributed by atoms with Gasteiger partial charge in [-0.3, -0.25) is 4.79 Å². The van der Waals surface area contributed by atoms with Crippen LogP contribution in [0, 0.1) is 0 Å². The van der Waals surface area contributed by atoms with E-state index in [1.54, 1.807) is 0 Å². The highest BCUT2D eigenvalue weighted by Crippen LogP contribution is 2.22. The van der Waals surface area contributed by atoms with Crippen LogP contribution in [0.25, 0.3) is 0 Å². The molecule has 5 heteroatoms. The Kier molecular flexibility index (Phi) is 4.89. The lowest BCUT2D eigenvalue weighted by molar-refractivity contribution is -0.134. The second-order valence-corrected chi connectivity index (χ2v) is 5.79. The van der Waals surface area contributed by atoms with Crippen LogP contribution in [0.3, 0.4) is 0 Å². The average Bonchev–Trinajstić information content (AvgIpc) is 2.60. The largest absolute Gasteiger partial charge is 0.494 e. The second-order valence-electron chi connectivity index (χ2n) is 5.79. The first-order chi connectivity index (χ1) is 11.7. The van der Waals surface area contributed by atoms with Crippen molar-refractivity contribution in [3.8, 4) is 11.5 Å². The van der Waals surface area contributed by atoms with Gasteiger partial charge in [-0.05, 0) is 60.9 Å². The molecule has 0 atom stereocenters. The van der Waals surface area contributed by atoms with Crippen molar-refractivity contribution < 1.29 is 14.3 Å². The minimum absolute atomic E-state index is 0.0167. The average molecular weight is 326 g/mol. The normalized spacial score (nSPS) is 13.3. The van der Waals surface area contributed by atoms with Crippen molar-refractivity contribution in [1.82, 2.24) is 4.90 Å². The molecule has 2 aromatic carbocycles. The summed E-state index contributed by atoms with van der Waals surface area (Å²) in [6, 6.07) is 13.2. The number of nitrogen functional groups attached to an aromatic ring is 1. The fourth-order valence-electron chi connectivity index (χ4n) is 2.83. The monoisotopic (exact) mass is 326 g/mol. The molecule has 1 aliphatic rings. The molecule has 0 aromatic heterocycles. The molecule has 1 heterocycles. The van der Waals surface area contributed by atoms with Gasteiger partial charge in [0.1, 0.15) is 11.5 Å². The zero-order valence-corrected chi connectivity index (χ0v) is 13.8. The molecule has 0 unspecified atom stereocenters. The van der Waals surface area contributed by atoms with Crippen molar-refractivity contribution in [3.63, 3.8) is 0 Å². The number of hydrogen-bond donors (Lipinski definition) is 1. The minimum atomic E-state index is -0.0167. The quantitative estimate of drug-likeness (QED) is 0.858. The summed E-state index contributed by atoms with van der Waals surface area (Å²) in [5.74, 6) is 1.44. The lowest BCUT2D eigenvalue weighted by Crippen LogP contribution is -2.38. The van der Waals surface area contributed by atoms with Gasteiger partial charge < -0.3 is 20.1 Å². The number of nitrogens with two attached hydrogens (primary N) is 1. The molecule has 1 amide bonds. The lowest BCUT2D eigenvalue weighted by Gasteiger charge is -2.29. The van der Waals surface area contributed by atoms with Gasteiger partial charge in [-0.15, -0.1) is 0 Å². The van der Waals surface area contributed by atoms with Gasteiger partial charge in [0.15, 0.2) is 6.61 Å². The Balaban J connectivity index is 1.55. The van der Waals surface area contributed by atoms with Gasteiger partial charge >= 0.3 is 0 Å². The molecule has 3 rings (SSSR count). The molecule has 2 N–H and O–H groups in total. The Labute approximate surface area is 142 Å². The molecule has 0 spiro atoms. The van der Waals surface area contributed by atoms with Gasteiger partial charge in [0.25, 0.3) is 5.91 Å². The number of carbonyl (C=O) groups excluding carboxylic acids is 1. The predicted molar refractivity (Wildman–Crippen MR) is 93.1 cm³/mol. The molecule has 0 saturated carbocycles. The predicted octanol–water partition coefficient (Wildman–Crippen LogP) is 2.63. The number of ether oxygens (including phenoxy) is 2. The maximum Gasteiger partial charge on any atom is 0.260 e. The third-order valence-electron chi connectivity index (χ3n) is 4.09. The molecule has 2 aromatic rings. The first-order valence-electron chi connectivity index (χ1n) is 8.16. The zero-order valence-electron chi connectivity index (χ0n) is 13.8. The number of benzene rings is 2. The van der Waals surface area contributed by atoms with Crippen LogP contribution >= 0.6 is 0 Å². The van der Waals surface area contributed by atoms with Crippen molar-refractivity contribution in [2.24, 2.45) is 0 Å². The molecular formula is C19H22N2O3. The molecule has 0 fully saturated rings. The van der Waals surface area contributed by atoms with Crippen LogP contribution in [-0.4, -0.2) is 30.6 Å². The van der Waals surface area contributed by atoms with Crippen molar-refractivity contribution in [3.05, 3.63) is 53.6 Å². The van der Waals surface area contributed by atoms with Crippen molar-refractivity contribution >= 4 is 11.6 Å². The summed E-state index contributed by atoms with van der Waals surface area (Å²) in [5.41, 5.74) is 8.95. The number of carbonyl (C=O) groups is 1. The van der Waals surface area contributed by atoms with Gasteiger partial charge in [-0.25, -0.2) is 0 Å². The van der Waals surface area contributed by atoms with E-state index in [1.807, 2.05) is 54.3 Å². The van der Waals surface area contributed by atoms with Crippen molar-refractivity contribution in [2.75, 3.05) is 25.5 Å². The van der Waals surface area contributed by atoms with Crippen molar-refractivity contribution in [2.45, 2.75) is 19.9 Å². The summed E-state index contributed by atoms with van der Waals surface area (Å²) < 4.78 is 11.0. The Hall–Kier alpha value is -2.69. The fourth-order valence-corrected chi connectivity index (χ4v) is 2.83. The third kappa shape index (κ3) is 3.79. The minimum Gasteiger partial charge on any atom is -0.494 e. The van der Waals surface area contributed by atoms with Crippen LogP contribution in [0.4, 0.5) is 5.69 Å². The van der Waals surface area contributed by atoms with Crippen LogP contribution in [0.15, 0.2) is 42.5 Å². The van der Waals surface area contributed by atoms with Crippen LogP contribution in [0.2, 0.25) is 0 Å². The van der Waals surface area contributed by atoms with E-state index in [2.05, 4.69) is 0 Å². The van der Waals surface area contributed by atoms with Gasteiger partial charge in [0.05, 0.1) is 6.61 Å². The first-order valence-corrected chi connectivity index (χ1v) is 8.16. The summed E-state index contributed by atoms with van der Waals surface area (Å²) in [5, 5.41) is 0. The first kappa shape index (κ1) is 16.2. The van der Waals surface area contributed by atoms with Crippen LogP contribution in [0.5, 0.6) is 11.5 Å². The highest BCUT2D eigenvalue weighted by Gasteiger charge is 2.21. The highest BCUT2D eigenvalue weighted by molar-refractivity contribution is 5.78. The van der Waals surface area contributed by atoms with Crippen LogP contribution in [-0.2, 0) is 17.8 Å². The molecule has 24 heavy (non-hydrogen) atoms. The Bertz CT molecular complexity index is 713. The smallest absolute Gasteiger partial charge is 0.260 e. The van der Waals surface area contributed by atoms with E-state index < -0.39 is 0 Å². The molecule has 0 saturated heterocycles. The number of anilines is 1. The summed E-state index contributed by atoms with van der Waals surface area (Å²) in [7, 11) is 0. The lowest BCUT2D eigenvalue weighted by atomic mass is 9.99. The maximum atomic E-state index is 12.4. The van der Waals surface area contributed by atoms with Crippen LogP contribution in [0.1, 0.15) is 18.1 Å². The van der Waals surface area contributed by atoms with E-state index >= 15 is 0 Å². The Morgan fingerprint density at radius 1 is 1.08 bits per heavy atom. The van der Waals surface area contributed by atoms with Gasteiger partial charge in [0.2, 0.25) is 0 Å². The number of fused-ring (bicyclic) bond motifs is 1. The van der Waals surface area contributed by atoms with Gasteiger partial charge in [0, 0.05) is 18.8 Å². The SMILES string of the molecule is CCOc1ccc(OCC(=O)N2CCc3ccc(N)cc3C2)cc1. The third-order valence-corrected chi connectivity index (χ3v) is 4.09. The molecular weight excluding hydrogens is 304 g/mol. The summed E-state index contributed by atoms with van der Waals surface area (Å²) in [6.45, 7) is 3.90. The number of nitrogens with zero attached hydrogens (tertiary/aromatic N) is 1. The number of hydrogen-bond acceptors (Lipinski definition) is 4. The Morgan fingerprint density at radius 3 is 2.50 bits per heavy atom. The van der Waals surface area contributed by atoms with E-state index in [-0.39, 0.29) is 12.5 Å². The number of rotatable bonds is 5. The summed E-state index contributed by atoms with van der Waals surface area (Å²) in [4.78, 5) is 14.2. The van der Waals surface area contributed by atoms with Gasteiger partial charge in [-0.1, -0.05) is 6.07 Å². The van der Waals surface area contributed by atoms with E-state index in [9.17, 15) is 4.79 Å². The van der Waals surface area contributed by atoms with Crippen molar-refractivity contribution in [1.29, 1.82) is 0 Å². The van der Waals surface area contributed by atoms with E-state index in [0.29, 0.717) is 25.4 Å². The molecule has 0 aliphatic carbocycles. The van der Waals surface area contributed by atoms with Crippen LogP contribution < -0.4 is 15.2 Å². The molecule has 0 bridgehead atoms. The standard InChI is InChI=1S/C19H22N2O3/c1-2-23-17-5-7-18(8-6-17)24-13-19(22)21-10-9-14-3-4-16(20)11-15(14)12-21/h3-8,11H,2,9-10,12-13,20H2,1H3. The van der Waals surface area contributed by atoms with E-state index in [4.69, 9.17) is 15.2 Å². The maximum absolute atomic E-state index is 12.4. The fraction of sp³-hybridized carbons (Fsp3) is 0.316. The molecule has 0 radical (unpaired) electrons. The molecule has 1 aliphatic heterocycles. The van der Waals surface area contributed by atoms with Gasteiger partial charge in [-0.2, -0.15) is 0 Å². The Morgan fingerprint density at radius 2 is 1.79 bits per heavy atom. The summed E-state index contributed by atoms with van der Waals surface area (Å²) in [6.07, 6.45) is 0.852. The second kappa shape index (κ2) is 7.25. The summed E-state index contributed by atoms with van der Waals surface area (Å²) >= 11 is 0. The topological polar surface area (TPSA) is 64.8 Å². The number of amides is 1. The van der Waals surface area contributed by atoms with E-state index in [0.717, 1.165) is 23.4 Å². The highest BCUT2D eigenvalue weighted by atomic mass is 16.5. The molecule has 126 valence electrons.